The first-order valence-electron chi connectivity index (χ1n) is 5.81. The molecule has 4 heteroatoms. The zero-order valence-corrected chi connectivity index (χ0v) is 10.3. The molecule has 0 aliphatic rings. The van der Waals surface area contributed by atoms with E-state index in [9.17, 15) is 4.79 Å². The van der Waals surface area contributed by atoms with Gasteiger partial charge in [-0.2, -0.15) is 0 Å². The molecule has 94 valence electrons. The van der Waals surface area contributed by atoms with Crippen LogP contribution in [0, 0.1) is 0 Å². The summed E-state index contributed by atoms with van der Waals surface area (Å²) in [6.45, 7) is 1.29. The molecule has 1 heterocycles. The molecule has 2 rings (SSSR count). The van der Waals surface area contributed by atoms with Crippen molar-refractivity contribution in [3.8, 4) is 5.75 Å². The van der Waals surface area contributed by atoms with Gasteiger partial charge in [0.05, 0.1) is 12.1 Å². The Labute approximate surface area is 106 Å². The Morgan fingerprint density at radius 1 is 1.22 bits per heavy atom. The van der Waals surface area contributed by atoms with Crippen LogP contribution >= 0.6 is 0 Å². The first-order valence-corrected chi connectivity index (χ1v) is 5.81. The fourth-order valence-electron chi connectivity index (χ4n) is 1.66. The molecule has 0 fully saturated rings. The second-order valence-electron chi connectivity index (χ2n) is 3.90. The van der Waals surface area contributed by atoms with Gasteiger partial charge in [0, 0.05) is 31.6 Å². The van der Waals surface area contributed by atoms with Crippen LogP contribution in [0.25, 0.3) is 10.9 Å². The van der Waals surface area contributed by atoms with Crippen molar-refractivity contribution in [1.29, 1.82) is 0 Å². The van der Waals surface area contributed by atoms with Crippen molar-refractivity contribution < 1.29 is 14.3 Å². The number of aldehydes is 1. The van der Waals surface area contributed by atoms with Crippen LogP contribution in [-0.2, 0) is 4.74 Å². The molecule has 18 heavy (non-hydrogen) atoms. The van der Waals surface area contributed by atoms with Gasteiger partial charge in [0.2, 0.25) is 0 Å². The average molecular weight is 245 g/mol. The third-order valence-electron chi connectivity index (χ3n) is 2.57. The van der Waals surface area contributed by atoms with Crippen LogP contribution in [0.4, 0.5) is 0 Å². The monoisotopic (exact) mass is 245 g/mol. The molecule has 0 unspecified atom stereocenters. The quantitative estimate of drug-likeness (QED) is 0.579. The standard InChI is InChI=1S/C14H15NO3/c1-17-7-2-8-18-13-6-4-11-3-5-12(10-16)15-14(11)9-13/h3-6,9-10H,2,7-8H2,1H3. The van der Waals surface area contributed by atoms with Gasteiger partial charge in [-0.1, -0.05) is 6.07 Å². The number of carbonyl (C=O) groups is 1. The number of benzene rings is 1. The molecule has 2 aromatic rings. The third kappa shape index (κ3) is 3.05. The second-order valence-corrected chi connectivity index (χ2v) is 3.90. The zero-order valence-electron chi connectivity index (χ0n) is 10.3. The van der Waals surface area contributed by atoms with E-state index in [1.165, 1.54) is 0 Å². The Morgan fingerprint density at radius 3 is 2.83 bits per heavy atom. The lowest BCUT2D eigenvalue weighted by Gasteiger charge is -2.06. The third-order valence-corrected chi connectivity index (χ3v) is 2.57. The molecule has 1 aromatic heterocycles. The van der Waals surface area contributed by atoms with E-state index in [0.717, 1.165) is 29.4 Å². The molecule has 0 spiro atoms. The largest absolute Gasteiger partial charge is 0.493 e. The molecule has 0 aliphatic heterocycles. The number of hydrogen-bond acceptors (Lipinski definition) is 4. The number of hydrogen-bond donors (Lipinski definition) is 0. The number of aromatic nitrogens is 1. The maximum absolute atomic E-state index is 10.7. The maximum Gasteiger partial charge on any atom is 0.168 e. The predicted molar refractivity (Wildman–Crippen MR) is 69.1 cm³/mol. The van der Waals surface area contributed by atoms with Crippen molar-refractivity contribution in [3.05, 3.63) is 36.0 Å². The van der Waals surface area contributed by atoms with Crippen LogP contribution in [-0.4, -0.2) is 31.6 Å². The maximum atomic E-state index is 10.7. The van der Waals surface area contributed by atoms with Gasteiger partial charge >= 0.3 is 0 Å². The van der Waals surface area contributed by atoms with Crippen LogP contribution < -0.4 is 4.74 Å². The van der Waals surface area contributed by atoms with Crippen LogP contribution in [0.3, 0.4) is 0 Å². The van der Waals surface area contributed by atoms with Gasteiger partial charge in [-0.3, -0.25) is 4.79 Å². The van der Waals surface area contributed by atoms with Gasteiger partial charge in [0.25, 0.3) is 0 Å². The van der Waals surface area contributed by atoms with Crippen LogP contribution in [0.5, 0.6) is 5.75 Å². The molecular weight excluding hydrogens is 230 g/mol. The van der Waals surface area contributed by atoms with E-state index >= 15 is 0 Å². The minimum atomic E-state index is 0.430. The van der Waals surface area contributed by atoms with E-state index in [2.05, 4.69) is 4.98 Å². The van der Waals surface area contributed by atoms with Crippen LogP contribution in [0.1, 0.15) is 16.9 Å². The summed E-state index contributed by atoms with van der Waals surface area (Å²) in [7, 11) is 1.67. The molecule has 0 saturated carbocycles. The summed E-state index contributed by atoms with van der Waals surface area (Å²) in [6, 6.07) is 9.25. The normalized spacial score (nSPS) is 10.5. The van der Waals surface area contributed by atoms with E-state index in [0.29, 0.717) is 18.9 Å². The molecule has 0 aliphatic carbocycles. The van der Waals surface area contributed by atoms with Gasteiger partial charge in [0.15, 0.2) is 6.29 Å². The highest BCUT2D eigenvalue weighted by molar-refractivity contribution is 5.84. The molecule has 0 atom stereocenters. The number of ether oxygens (including phenoxy) is 2. The molecule has 4 nitrogen and oxygen atoms in total. The molecular formula is C14H15NO3. The summed E-state index contributed by atoms with van der Waals surface area (Å²) in [5.74, 6) is 0.758. The minimum absolute atomic E-state index is 0.430. The number of carbonyl (C=O) groups excluding carboxylic acids is 1. The van der Waals surface area contributed by atoms with Crippen LogP contribution in [0.2, 0.25) is 0 Å². The summed E-state index contributed by atoms with van der Waals surface area (Å²) in [5, 5.41) is 0.991. The van der Waals surface area contributed by atoms with Gasteiger partial charge in [-0.05, 0) is 18.2 Å². The van der Waals surface area contributed by atoms with E-state index in [-0.39, 0.29) is 0 Å². The van der Waals surface area contributed by atoms with Gasteiger partial charge in [-0.15, -0.1) is 0 Å². The fourth-order valence-corrected chi connectivity index (χ4v) is 1.66. The number of nitrogens with zero attached hydrogens (tertiary/aromatic N) is 1. The molecule has 0 amide bonds. The molecule has 0 N–H and O–H groups in total. The molecule has 1 aromatic carbocycles. The lowest BCUT2D eigenvalue weighted by Crippen LogP contribution is -2.01. The van der Waals surface area contributed by atoms with E-state index in [4.69, 9.17) is 9.47 Å². The van der Waals surface area contributed by atoms with E-state index in [1.54, 1.807) is 13.2 Å². The van der Waals surface area contributed by atoms with Crippen molar-refractivity contribution >= 4 is 17.2 Å². The summed E-state index contributed by atoms with van der Waals surface area (Å²) >= 11 is 0. The van der Waals surface area contributed by atoms with Crippen molar-refractivity contribution in [2.24, 2.45) is 0 Å². The molecule has 0 radical (unpaired) electrons. The van der Waals surface area contributed by atoms with E-state index in [1.807, 2.05) is 24.3 Å². The van der Waals surface area contributed by atoms with Gasteiger partial charge in [0.1, 0.15) is 11.4 Å². The number of pyridine rings is 1. The van der Waals surface area contributed by atoms with Crippen molar-refractivity contribution in [2.45, 2.75) is 6.42 Å². The van der Waals surface area contributed by atoms with E-state index < -0.39 is 0 Å². The smallest absolute Gasteiger partial charge is 0.168 e. The zero-order chi connectivity index (χ0) is 12.8. The fraction of sp³-hybridized carbons (Fsp3) is 0.286. The lowest BCUT2D eigenvalue weighted by atomic mass is 10.2. The summed E-state index contributed by atoms with van der Waals surface area (Å²) in [5.41, 5.74) is 1.20. The number of methoxy groups -OCH3 is 1. The van der Waals surface area contributed by atoms with Crippen molar-refractivity contribution in [3.63, 3.8) is 0 Å². The molecule has 0 saturated heterocycles. The Kier molecular flexibility index (Phi) is 4.25. The lowest BCUT2D eigenvalue weighted by molar-refractivity contribution is 0.111. The Balaban J connectivity index is 2.12. The predicted octanol–water partition coefficient (Wildman–Crippen LogP) is 2.46. The summed E-state index contributed by atoms with van der Waals surface area (Å²) in [6.07, 6.45) is 1.59. The van der Waals surface area contributed by atoms with Crippen molar-refractivity contribution in [1.82, 2.24) is 4.98 Å². The number of fused-ring (bicyclic) bond motifs is 1. The second kappa shape index (κ2) is 6.12. The minimum Gasteiger partial charge on any atom is -0.493 e. The first kappa shape index (κ1) is 12.5. The van der Waals surface area contributed by atoms with Crippen molar-refractivity contribution in [2.75, 3.05) is 20.3 Å². The highest BCUT2D eigenvalue weighted by Gasteiger charge is 2.00. The highest BCUT2D eigenvalue weighted by atomic mass is 16.5. The Bertz CT molecular complexity index is 540. The van der Waals surface area contributed by atoms with Gasteiger partial charge in [-0.25, -0.2) is 4.98 Å². The van der Waals surface area contributed by atoms with Crippen LogP contribution in [0.15, 0.2) is 30.3 Å². The summed E-state index contributed by atoms with van der Waals surface area (Å²) < 4.78 is 10.5. The highest BCUT2D eigenvalue weighted by Crippen LogP contribution is 2.19. The molecule has 0 bridgehead atoms. The Hall–Kier alpha value is -1.94. The topological polar surface area (TPSA) is 48.4 Å². The van der Waals surface area contributed by atoms with Gasteiger partial charge < -0.3 is 9.47 Å². The summed E-state index contributed by atoms with van der Waals surface area (Å²) in [4.78, 5) is 14.9. The number of rotatable bonds is 6. The average Bonchev–Trinajstić information content (AvgIpc) is 2.42. The first-order chi connectivity index (χ1) is 8.83. The SMILES string of the molecule is COCCCOc1ccc2ccc(C=O)nc2c1. The Morgan fingerprint density at radius 2 is 2.06 bits per heavy atom.